The minimum atomic E-state index is -3.41. The van der Waals surface area contributed by atoms with E-state index in [4.69, 9.17) is 0 Å². The molecule has 0 spiro atoms. The Morgan fingerprint density at radius 3 is 2.11 bits per heavy atom. The summed E-state index contributed by atoms with van der Waals surface area (Å²) in [6.07, 6.45) is 2.79. The number of rotatable bonds is 8. The van der Waals surface area contributed by atoms with Gasteiger partial charge in [-0.25, -0.2) is 8.42 Å². The lowest BCUT2D eigenvalue weighted by Gasteiger charge is -2.22. The summed E-state index contributed by atoms with van der Waals surface area (Å²) in [5, 5.41) is 2.97. The van der Waals surface area contributed by atoms with Crippen molar-refractivity contribution in [3.05, 3.63) is 58.7 Å². The maximum Gasteiger partial charge on any atom is 0.232 e. The topological polar surface area (TPSA) is 66.5 Å². The minimum Gasteiger partial charge on any atom is -0.326 e. The van der Waals surface area contributed by atoms with Gasteiger partial charge in [0.2, 0.25) is 15.9 Å². The van der Waals surface area contributed by atoms with E-state index >= 15 is 0 Å². The van der Waals surface area contributed by atoms with Crippen LogP contribution in [0.2, 0.25) is 0 Å². The Hall–Kier alpha value is -2.34. The van der Waals surface area contributed by atoms with Crippen molar-refractivity contribution >= 4 is 27.3 Å². The highest BCUT2D eigenvalue weighted by atomic mass is 32.2. The predicted octanol–water partition coefficient (Wildman–Crippen LogP) is 4.36. The standard InChI is InChI=1S/C22H30N2O3S/c1-6-19-9-11-20(12-10-19)24(28(5,26)27)13-7-8-21(25)23-22-17(3)14-16(2)15-18(22)4/h9-12,14-15H,6-8,13H2,1-5H3,(H,23,25). The first-order valence-corrected chi connectivity index (χ1v) is 11.4. The fraction of sp³-hybridized carbons (Fsp3) is 0.409. The molecule has 1 N–H and O–H groups in total. The molecule has 0 aliphatic heterocycles. The van der Waals surface area contributed by atoms with Gasteiger partial charge in [0, 0.05) is 18.7 Å². The van der Waals surface area contributed by atoms with E-state index in [9.17, 15) is 13.2 Å². The summed E-state index contributed by atoms with van der Waals surface area (Å²) in [6, 6.07) is 11.6. The van der Waals surface area contributed by atoms with Crippen molar-refractivity contribution in [2.75, 3.05) is 22.4 Å². The van der Waals surface area contributed by atoms with Gasteiger partial charge in [-0.15, -0.1) is 0 Å². The highest BCUT2D eigenvalue weighted by Gasteiger charge is 2.18. The van der Waals surface area contributed by atoms with E-state index in [2.05, 4.69) is 12.2 Å². The molecule has 28 heavy (non-hydrogen) atoms. The van der Waals surface area contributed by atoms with Gasteiger partial charge in [-0.1, -0.05) is 36.8 Å². The largest absolute Gasteiger partial charge is 0.326 e. The second-order valence-corrected chi connectivity index (χ2v) is 9.19. The molecule has 2 aromatic rings. The van der Waals surface area contributed by atoms with Gasteiger partial charge < -0.3 is 5.32 Å². The van der Waals surface area contributed by atoms with Crippen LogP contribution in [0.4, 0.5) is 11.4 Å². The molecule has 0 saturated carbocycles. The number of benzene rings is 2. The van der Waals surface area contributed by atoms with E-state index in [1.165, 1.54) is 10.6 Å². The van der Waals surface area contributed by atoms with Crippen molar-refractivity contribution in [2.24, 2.45) is 0 Å². The first-order valence-electron chi connectivity index (χ1n) is 9.56. The fourth-order valence-electron chi connectivity index (χ4n) is 3.35. The van der Waals surface area contributed by atoms with Crippen LogP contribution in [0.5, 0.6) is 0 Å². The molecule has 152 valence electrons. The Kier molecular flexibility index (Phi) is 7.24. The molecule has 2 aromatic carbocycles. The van der Waals surface area contributed by atoms with Crippen molar-refractivity contribution in [3.63, 3.8) is 0 Å². The monoisotopic (exact) mass is 402 g/mol. The summed E-state index contributed by atoms with van der Waals surface area (Å²) >= 11 is 0. The molecule has 0 fully saturated rings. The molecule has 1 amide bonds. The van der Waals surface area contributed by atoms with Gasteiger partial charge in [0.25, 0.3) is 0 Å². The Labute approximate surface area is 168 Å². The summed E-state index contributed by atoms with van der Waals surface area (Å²) in [4.78, 5) is 12.4. The molecule has 0 aromatic heterocycles. The number of hydrogen-bond donors (Lipinski definition) is 1. The third-order valence-electron chi connectivity index (χ3n) is 4.74. The van der Waals surface area contributed by atoms with Crippen LogP contribution in [-0.2, 0) is 21.2 Å². The summed E-state index contributed by atoms with van der Waals surface area (Å²) in [7, 11) is -3.41. The average Bonchev–Trinajstić information content (AvgIpc) is 2.61. The molecule has 6 heteroatoms. The number of carbonyl (C=O) groups excluding carboxylic acids is 1. The molecular weight excluding hydrogens is 372 g/mol. The Bertz CT molecular complexity index is 912. The van der Waals surface area contributed by atoms with Gasteiger partial charge >= 0.3 is 0 Å². The van der Waals surface area contributed by atoms with Crippen molar-refractivity contribution in [2.45, 2.75) is 47.0 Å². The summed E-state index contributed by atoms with van der Waals surface area (Å²) in [5.41, 5.74) is 5.83. The minimum absolute atomic E-state index is 0.107. The van der Waals surface area contributed by atoms with Crippen LogP contribution in [0.1, 0.15) is 42.0 Å². The Balaban J connectivity index is 2.01. The lowest BCUT2D eigenvalue weighted by molar-refractivity contribution is -0.116. The molecule has 0 bridgehead atoms. The van der Waals surface area contributed by atoms with Gasteiger partial charge in [-0.05, 0) is 62.4 Å². The maximum atomic E-state index is 12.4. The van der Waals surface area contributed by atoms with Crippen molar-refractivity contribution in [1.82, 2.24) is 0 Å². The number of nitrogens with one attached hydrogen (secondary N) is 1. The number of anilines is 2. The molecule has 2 rings (SSSR count). The molecule has 0 radical (unpaired) electrons. The molecule has 5 nitrogen and oxygen atoms in total. The van der Waals surface area contributed by atoms with Crippen LogP contribution in [0.25, 0.3) is 0 Å². The number of sulfonamides is 1. The van der Waals surface area contributed by atoms with E-state index in [-0.39, 0.29) is 18.9 Å². The number of carbonyl (C=O) groups is 1. The second-order valence-electron chi connectivity index (χ2n) is 7.28. The van der Waals surface area contributed by atoms with Crippen LogP contribution >= 0.6 is 0 Å². The van der Waals surface area contributed by atoms with E-state index in [0.717, 1.165) is 34.4 Å². The molecule has 0 unspecified atom stereocenters. The quantitative estimate of drug-likeness (QED) is 0.713. The van der Waals surface area contributed by atoms with Crippen LogP contribution in [-0.4, -0.2) is 27.1 Å². The third kappa shape index (κ3) is 5.83. The zero-order valence-electron chi connectivity index (χ0n) is 17.4. The smallest absolute Gasteiger partial charge is 0.232 e. The summed E-state index contributed by atoms with van der Waals surface area (Å²) in [6.45, 7) is 8.30. The molecule has 0 aliphatic carbocycles. The Morgan fingerprint density at radius 1 is 1.04 bits per heavy atom. The zero-order chi connectivity index (χ0) is 20.9. The van der Waals surface area contributed by atoms with Crippen molar-refractivity contribution < 1.29 is 13.2 Å². The normalized spacial score (nSPS) is 11.3. The van der Waals surface area contributed by atoms with E-state index in [0.29, 0.717) is 12.1 Å². The average molecular weight is 403 g/mol. The predicted molar refractivity (Wildman–Crippen MR) is 117 cm³/mol. The number of hydrogen-bond acceptors (Lipinski definition) is 3. The van der Waals surface area contributed by atoms with E-state index in [1.807, 2.05) is 57.2 Å². The van der Waals surface area contributed by atoms with Gasteiger partial charge in [-0.3, -0.25) is 9.10 Å². The second kappa shape index (κ2) is 9.24. The number of aryl methyl sites for hydroxylation is 4. The lowest BCUT2D eigenvalue weighted by atomic mass is 10.0. The van der Waals surface area contributed by atoms with Crippen LogP contribution in [0, 0.1) is 20.8 Å². The van der Waals surface area contributed by atoms with Gasteiger partial charge in [0.05, 0.1) is 11.9 Å². The van der Waals surface area contributed by atoms with Gasteiger partial charge in [-0.2, -0.15) is 0 Å². The van der Waals surface area contributed by atoms with Crippen LogP contribution < -0.4 is 9.62 Å². The molecule has 0 saturated heterocycles. The fourth-order valence-corrected chi connectivity index (χ4v) is 4.31. The third-order valence-corrected chi connectivity index (χ3v) is 5.93. The van der Waals surface area contributed by atoms with Crippen LogP contribution in [0.15, 0.2) is 36.4 Å². The van der Waals surface area contributed by atoms with Crippen molar-refractivity contribution in [3.8, 4) is 0 Å². The molecule has 0 aliphatic rings. The maximum absolute atomic E-state index is 12.4. The van der Waals surface area contributed by atoms with E-state index in [1.54, 1.807) is 0 Å². The van der Waals surface area contributed by atoms with Gasteiger partial charge in [0.15, 0.2) is 0 Å². The number of amides is 1. The SMILES string of the molecule is CCc1ccc(N(CCCC(=O)Nc2c(C)cc(C)cc2C)S(C)(=O)=O)cc1. The van der Waals surface area contributed by atoms with Crippen LogP contribution in [0.3, 0.4) is 0 Å². The first-order chi connectivity index (χ1) is 13.1. The highest BCUT2D eigenvalue weighted by molar-refractivity contribution is 7.92. The Morgan fingerprint density at radius 2 is 1.61 bits per heavy atom. The zero-order valence-corrected chi connectivity index (χ0v) is 18.2. The summed E-state index contributed by atoms with van der Waals surface area (Å²) < 4.78 is 25.8. The van der Waals surface area contributed by atoms with Crippen molar-refractivity contribution in [1.29, 1.82) is 0 Å². The highest BCUT2D eigenvalue weighted by Crippen LogP contribution is 2.23. The number of nitrogens with zero attached hydrogens (tertiary/aromatic N) is 1. The summed E-state index contributed by atoms with van der Waals surface area (Å²) in [5.74, 6) is -0.107. The first kappa shape index (κ1) is 22.0. The van der Waals surface area contributed by atoms with Gasteiger partial charge in [0.1, 0.15) is 0 Å². The molecular formula is C22H30N2O3S. The lowest BCUT2D eigenvalue weighted by Crippen LogP contribution is -2.31. The van der Waals surface area contributed by atoms with E-state index < -0.39 is 10.0 Å². The molecule has 0 atom stereocenters. The molecule has 0 heterocycles.